The highest BCUT2D eigenvalue weighted by Gasteiger charge is 2.35. The zero-order valence-corrected chi connectivity index (χ0v) is 20.8. The lowest BCUT2D eigenvalue weighted by Gasteiger charge is -2.38. The molecule has 5 rings (SSSR count). The molecular weight excluding hydrogens is 452 g/mol. The van der Waals surface area contributed by atoms with E-state index >= 15 is 0 Å². The monoisotopic (exact) mass is 486 g/mol. The van der Waals surface area contributed by atoms with Crippen molar-refractivity contribution in [3.8, 4) is 0 Å². The summed E-state index contributed by atoms with van der Waals surface area (Å²) in [6, 6.07) is 1.32. The van der Waals surface area contributed by atoms with E-state index in [9.17, 15) is 13.2 Å². The summed E-state index contributed by atoms with van der Waals surface area (Å²) in [6.07, 6.45) is 10.9. The van der Waals surface area contributed by atoms with Crippen LogP contribution in [0.1, 0.15) is 54.9 Å². The fourth-order valence-electron chi connectivity index (χ4n) is 5.85. The van der Waals surface area contributed by atoms with Crippen LogP contribution in [0.4, 0.5) is 16.2 Å². The highest BCUT2D eigenvalue weighted by atomic mass is 32.2. The van der Waals surface area contributed by atoms with Crippen molar-refractivity contribution in [3.63, 3.8) is 0 Å². The van der Waals surface area contributed by atoms with Crippen LogP contribution in [0.2, 0.25) is 0 Å². The molecule has 1 fully saturated rings. The van der Waals surface area contributed by atoms with Crippen LogP contribution in [0, 0.1) is 0 Å². The first-order chi connectivity index (χ1) is 16.4. The summed E-state index contributed by atoms with van der Waals surface area (Å²) in [5.41, 5.74) is 6.21. The molecule has 2 aliphatic carbocycles. The maximum absolute atomic E-state index is 13.6. The van der Waals surface area contributed by atoms with Crippen LogP contribution in [0.3, 0.4) is 0 Å². The Morgan fingerprint density at radius 3 is 2.47 bits per heavy atom. The number of urea groups is 1. The number of likely N-dealkylation sites (N-methyl/N-ethyl adjacent to an activating group) is 1. The van der Waals surface area contributed by atoms with E-state index in [-0.39, 0.29) is 6.04 Å². The molecule has 10 heteroatoms. The molecule has 2 N–H and O–H groups in total. The lowest BCUT2D eigenvalue weighted by atomic mass is 9.99. The molecule has 0 spiro atoms. The van der Waals surface area contributed by atoms with Gasteiger partial charge in [0.15, 0.2) is 0 Å². The number of nitrogens with one attached hydrogen (secondary N) is 2. The van der Waals surface area contributed by atoms with Gasteiger partial charge >= 0.3 is 16.2 Å². The number of amides is 2. The van der Waals surface area contributed by atoms with Crippen LogP contribution in [-0.4, -0.2) is 54.8 Å². The lowest BCUT2D eigenvalue weighted by Crippen LogP contribution is -2.55. The zero-order valence-electron chi connectivity index (χ0n) is 20.0. The average Bonchev–Trinajstić information content (AvgIpc) is 3.54. The Labute approximate surface area is 201 Å². The smallest absolute Gasteiger partial charge is 0.307 e. The lowest BCUT2D eigenvalue weighted by molar-refractivity contribution is 0.220. The van der Waals surface area contributed by atoms with Gasteiger partial charge in [-0.2, -0.15) is 13.5 Å². The van der Waals surface area contributed by atoms with Crippen molar-refractivity contribution in [2.24, 2.45) is 7.05 Å². The molecule has 1 aromatic heterocycles. The van der Waals surface area contributed by atoms with E-state index in [4.69, 9.17) is 0 Å². The number of carbonyl (C=O) groups is 1. The maximum atomic E-state index is 13.6. The molecule has 2 aromatic rings. The molecule has 184 valence electrons. The Kier molecular flexibility index (Phi) is 6.28. The van der Waals surface area contributed by atoms with Crippen LogP contribution in [-0.2, 0) is 42.9 Å². The number of rotatable bonds is 6. The number of hydrogen-bond donors (Lipinski definition) is 2. The molecule has 1 unspecified atom stereocenters. The van der Waals surface area contributed by atoms with Crippen LogP contribution in [0.25, 0.3) is 0 Å². The third-order valence-corrected chi connectivity index (χ3v) is 8.87. The van der Waals surface area contributed by atoms with E-state index in [0.717, 1.165) is 70.1 Å². The Bertz CT molecular complexity index is 1160. The van der Waals surface area contributed by atoms with Crippen molar-refractivity contribution in [1.29, 1.82) is 0 Å². The minimum Gasteiger partial charge on any atom is -0.307 e. The van der Waals surface area contributed by atoms with E-state index in [0.29, 0.717) is 12.2 Å². The highest BCUT2D eigenvalue weighted by molar-refractivity contribution is 7.91. The van der Waals surface area contributed by atoms with Gasteiger partial charge in [-0.25, -0.2) is 13.8 Å². The molecule has 1 aliphatic heterocycles. The number of aryl methyl sites for hydroxylation is 3. The van der Waals surface area contributed by atoms with Crippen molar-refractivity contribution in [2.45, 2.75) is 64.3 Å². The number of likely N-dealkylation sites (tertiary alicyclic amines) is 1. The first kappa shape index (κ1) is 23.2. The third kappa shape index (κ3) is 4.40. The predicted molar refractivity (Wildman–Crippen MR) is 132 cm³/mol. The van der Waals surface area contributed by atoms with Crippen LogP contribution < -0.4 is 14.3 Å². The van der Waals surface area contributed by atoms with E-state index in [1.165, 1.54) is 26.6 Å². The minimum atomic E-state index is -4.15. The maximum Gasteiger partial charge on any atom is 0.334 e. The van der Waals surface area contributed by atoms with Gasteiger partial charge in [0.05, 0.1) is 17.9 Å². The Morgan fingerprint density at radius 1 is 1.15 bits per heavy atom. The summed E-state index contributed by atoms with van der Waals surface area (Å²) in [6.45, 7) is 4.50. The van der Waals surface area contributed by atoms with E-state index < -0.39 is 16.2 Å². The summed E-state index contributed by atoms with van der Waals surface area (Å²) in [5.74, 6) is 0. The number of carbonyl (C=O) groups excluding carboxylic acids is 1. The summed E-state index contributed by atoms with van der Waals surface area (Å²) >= 11 is 0. The second-order valence-electron chi connectivity index (χ2n) is 9.65. The first-order valence-corrected chi connectivity index (χ1v) is 13.8. The standard InChI is InChI=1S/C24H34N6O3S/c1-3-29-12-6-9-19(16-29)30(20-14-25-28(2)15-20)34(32,33)27-24(31)26-23-21-10-4-7-17(21)13-18-8-5-11-22(18)23/h13-15,19H,3-12,16H2,1-2H3,(H2,26,27,31). The summed E-state index contributed by atoms with van der Waals surface area (Å²) in [7, 11) is -2.40. The fraction of sp³-hybridized carbons (Fsp3) is 0.583. The number of aromatic nitrogens is 2. The second kappa shape index (κ2) is 9.22. The Balaban J connectivity index is 1.41. The molecule has 3 aliphatic rings. The van der Waals surface area contributed by atoms with E-state index in [2.05, 4.69) is 33.0 Å². The molecule has 1 atom stereocenters. The zero-order chi connectivity index (χ0) is 23.9. The summed E-state index contributed by atoms with van der Waals surface area (Å²) in [5, 5.41) is 7.13. The van der Waals surface area contributed by atoms with Gasteiger partial charge in [-0.1, -0.05) is 13.0 Å². The van der Waals surface area contributed by atoms with Gasteiger partial charge in [-0.15, -0.1) is 0 Å². The van der Waals surface area contributed by atoms with Gasteiger partial charge in [0.25, 0.3) is 0 Å². The summed E-state index contributed by atoms with van der Waals surface area (Å²) in [4.78, 5) is 15.4. The third-order valence-electron chi connectivity index (χ3n) is 7.40. The van der Waals surface area contributed by atoms with Crippen LogP contribution in [0.15, 0.2) is 18.5 Å². The number of nitrogens with zero attached hydrogens (tertiary/aromatic N) is 4. The van der Waals surface area contributed by atoms with Gasteiger partial charge in [0.2, 0.25) is 0 Å². The molecule has 34 heavy (non-hydrogen) atoms. The second-order valence-corrected chi connectivity index (χ2v) is 11.2. The molecule has 1 aromatic carbocycles. The minimum absolute atomic E-state index is 0.270. The van der Waals surface area contributed by atoms with Gasteiger partial charge in [-0.05, 0) is 86.7 Å². The highest BCUT2D eigenvalue weighted by Crippen LogP contribution is 2.38. The quantitative estimate of drug-likeness (QED) is 0.654. The average molecular weight is 487 g/mol. The Morgan fingerprint density at radius 2 is 1.85 bits per heavy atom. The van der Waals surface area contributed by atoms with Gasteiger partial charge in [0.1, 0.15) is 0 Å². The number of piperidine rings is 1. The first-order valence-electron chi connectivity index (χ1n) is 12.4. The molecule has 0 radical (unpaired) electrons. The van der Waals surface area contributed by atoms with Crippen molar-refractivity contribution >= 4 is 27.6 Å². The molecule has 0 bridgehead atoms. The Hall–Kier alpha value is -2.59. The number of hydrogen-bond acceptors (Lipinski definition) is 5. The van der Waals surface area contributed by atoms with Gasteiger partial charge in [-0.3, -0.25) is 4.68 Å². The SMILES string of the molecule is CCN1CCCC(N(c2cnn(C)c2)S(=O)(=O)NC(=O)Nc2c3c(cc4c2CCC4)CCC3)C1. The summed E-state index contributed by atoms with van der Waals surface area (Å²) < 4.78 is 32.4. The van der Waals surface area contributed by atoms with Gasteiger partial charge in [0, 0.05) is 25.5 Å². The molecular formula is C24H34N6O3S. The van der Waals surface area contributed by atoms with Crippen molar-refractivity contribution in [3.05, 3.63) is 40.7 Å². The number of anilines is 2. The van der Waals surface area contributed by atoms with Crippen molar-refractivity contribution in [1.82, 2.24) is 19.4 Å². The van der Waals surface area contributed by atoms with Gasteiger partial charge < -0.3 is 10.2 Å². The van der Waals surface area contributed by atoms with E-state index in [1.807, 2.05) is 0 Å². The number of fused-ring (bicyclic) bond motifs is 2. The van der Waals surface area contributed by atoms with Crippen molar-refractivity contribution in [2.75, 3.05) is 29.3 Å². The van der Waals surface area contributed by atoms with Crippen molar-refractivity contribution < 1.29 is 13.2 Å². The topological polar surface area (TPSA) is 99.6 Å². The number of benzene rings is 1. The van der Waals surface area contributed by atoms with Crippen LogP contribution in [0.5, 0.6) is 0 Å². The molecule has 2 amide bonds. The molecule has 1 saturated heterocycles. The normalized spacial score (nSPS) is 20.1. The molecule has 2 heterocycles. The van der Waals surface area contributed by atoms with Crippen LogP contribution >= 0.6 is 0 Å². The molecule has 0 saturated carbocycles. The fourth-order valence-corrected chi connectivity index (χ4v) is 7.17. The largest absolute Gasteiger partial charge is 0.334 e. The van der Waals surface area contributed by atoms with E-state index in [1.54, 1.807) is 24.1 Å². The molecule has 9 nitrogen and oxygen atoms in total. The predicted octanol–water partition coefficient (Wildman–Crippen LogP) is 2.75.